The predicted octanol–water partition coefficient (Wildman–Crippen LogP) is 4.25. The summed E-state index contributed by atoms with van der Waals surface area (Å²) < 4.78 is 8.01. The first-order chi connectivity index (χ1) is 22.3. The predicted molar refractivity (Wildman–Crippen MR) is 175 cm³/mol. The molecule has 2 aliphatic rings. The van der Waals surface area contributed by atoms with Gasteiger partial charge in [-0.05, 0) is 31.0 Å². The highest BCUT2D eigenvalue weighted by atomic mass is 16.5. The van der Waals surface area contributed by atoms with E-state index >= 15 is 0 Å². The first kappa shape index (κ1) is 29.4. The lowest BCUT2D eigenvalue weighted by molar-refractivity contribution is -0.117. The van der Waals surface area contributed by atoms with Crippen LogP contribution in [0.5, 0.6) is 5.75 Å². The number of ether oxygens (including phenoxy) is 1. The Bertz CT molecular complexity index is 1960. The van der Waals surface area contributed by atoms with Gasteiger partial charge >= 0.3 is 0 Å². The number of nitrogen functional groups attached to an aromatic ring is 1. The van der Waals surface area contributed by atoms with E-state index in [1.807, 2.05) is 53.5 Å². The Morgan fingerprint density at radius 3 is 2.54 bits per heavy atom. The van der Waals surface area contributed by atoms with Gasteiger partial charge in [0.1, 0.15) is 23.1 Å². The maximum Gasteiger partial charge on any atom is 0.271 e. The van der Waals surface area contributed by atoms with Crippen LogP contribution in [0.4, 0.5) is 11.6 Å². The van der Waals surface area contributed by atoms with E-state index in [0.29, 0.717) is 35.0 Å². The number of benzene rings is 1. The number of nitrogens with one attached hydrogen (secondary N) is 1. The van der Waals surface area contributed by atoms with E-state index in [1.54, 1.807) is 39.7 Å². The summed E-state index contributed by atoms with van der Waals surface area (Å²) in [5.41, 5.74) is 11.0. The van der Waals surface area contributed by atoms with Crippen molar-refractivity contribution in [3.05, 3.63) is 78.6 Å². The third-order valence-electron chi connectivity index (χ3n) is 8.55. The van der Waals surface area contributed by atoms with Crippen LogP contribution in [0, 0.1) is 5.92 Å². The number of nitrogens with zero attached hydrogens (tertiary/aromatic N) is 7. The van der Waals surface area contributed by atoms with Crippen molar-refractivity contribution >= 4 is 34.2 Å². The minimum atomic E-state index is -0.105. The van der Waals surface area contributed by atoms with Gasteiger partial charge in [0, 0.05) is 91.3 Å². The third-order valence-corrected chi connectivity index (χ3v) is 8.55. The van der Waals surface area contributed by atoms with Gasteiger partial charge in [-0.3, -0.25) is 19.2 Å². The number of hydrogen-bond acceptors (Lipinski definition) is 9. The summed E-state index contributed by atoms with van der Waals surface area (Å²) >= 11 is 0. The van der Waals surface area contributed by atoms with E-state index in [1.165, 1.54) is 4.90 Å². The van der Waals surface area contributed by atoms with E-state index in [9.17, 15) is 9.59 Å². The summed E-state index contributed by atoms with van der Waals surface area (Å²) in [6.07, 6.45) is 9.12. The standard InChI is InChI=1S/C34H35N9O3/c1-41(2)34(45)29-9-4-6-22(39-29)17-42-18-23(19-42)43-16-21(13-38-43)24-7-5-8-25(31(24)46-3)27-14-37-32(35)28-15-36-30(12-26(27)28)40-33(44)20-10-11-20/h4-9,12-16,20,23H,10-11,17-19H2,1-3H3,(H2,35,37)(H,36,40,44). The number of para-hydroxylation sites is 1. The monoisotopic (exact) mass is 617 g/mol. The van der Waals surface area contributed by atoms with Gasteiger partial charge in [0.2, 0.25) is 5.91 Å². The number of amides is 2. The number of methoxy groups -OCH3 is 1. The minimum absolute atomic E-state index is 0.0102. The molecule has 234 valence electrons. The molecule has 1 aliphatic heterocycles. The number of carbonyl (C=O) groups excluding carboxylic acids is 2. The number of rotatable bonds is 9. The van der Waals surface area contributed by atoms with E-state index in [4.69, 9.17) is 15.6 Å². The van der Waals surface area contributed by atoms with Crippen LogP contribution in [0.25, 0.3) is 33.0 Å². The molecule has 3 N–H and O–H groups in total. The SMILES string of the molecule is COc1c(-c2cnn(C3CN(Cc4cccc(C(=O)N(C)C)n4)C3)c2)cccc1-c1cnc(N)c2cnc(NC(=O)C3CC3)cc12. The Kier molecular flexibility index (Phi) is 7.57. The van der Waals surface area contributed by atoms with Gasteiger partial charge < -0.3 is 20.7 Å². The van der Waals surface area contributed by atoms with Crippen molar-refractivity contribution < 1.29 is 14.3 Å². The molecule has 2 fully saturated rings. The zero-order valence-corrected chi connectivity index (χ0v) is 26.0. The van der Waals surface area contributed by atoms with Gasteiger partial charge in [-0.15, -0.1) is 0 Å². The molecule has 12 heteroatoms. The second kappa shape index (κ2) is 11.9. The number of aromatic nitrogens is 5. The Morgan fingerprint density at radius 1 is 1.00 bits per heavy atom. The van der Waals surface area contributed by atoms with Crippen LogP contribution in [0.15, 0.2) is 67.3 Å². The van der Waals surface area contributed by atoms with Crippen molar-refractivity contribution in [2.75, 3.05) is 45.3 Å². The second-order valence-corrected chi connectivity index (χ2v) is 12.1. The Labute approximate surface area is 266 Å². The molecule has 1 saturated carbocycles. The van der Waals surface area contributed by atoms with Crippen molar-refractivity contribution in [3.8, 4) is 28.0 Å². The molecule has 0 bridgehead atoms. The molecule has 1 saturated heterocycles. The number of carbonyl (C=O) groups is 2. The molecule has 46 heavy (non-hydrogen) atoms. The average molecular weight is 618 g/mol. The quantitative estimate of drug-likeness (QED) is 0.248. The summed E-state index contributed by atoms with van der Waals surface area (Å²) in [4.78, 5) is 42.0. The molecule has 7 rings (SSSR count). The molecular formula is C34H35N9O3. The Hall–Kier alpha value is -5.36. The molecule has 0 radical (unpaired) electrons. The fourth-order valence-corrected chi connectivity index (χ4v) is 5.87. The van der Waals surface area contributed by atoms with Crippen molar-refractivity contribution in [1.29, 1.82) is 0 Å². The van der Waals surface area contributed by atoms with E-state index in [2.05, 4.69) is 25.2 Å². The number of hydrogen-bond donors (Lipinski definition) is 2. The van der Waals surface area contributed by atoms with Gasteiger partial charge in [-0.25, -0.2) is 15.0 Å². The molecule has 0 unspecified atom stereocenters. The largest absolute Gasteiger partial charge is 0.495 e. The summed E-state index contributed by atoms with van der Waals surface area (Å²) in [6, 6.07) is 13.6. The van der Waals surface area contributed by atoms with Crippen molar-refractivity contribution in [1.82, 2.24) is 34.5 Å². The topological polar surface area (TPSA) is 144 Å². The number of fused-ring (bicyclic) bond motifs is 1. The fraction of sp³-hybridized carbons (Fsp3) is 0.294. The molecular weight excluding hydrogens is 582 g/mol. The van der Waals surface area contributed by atoms with Crippen molar-refractivity contribution in [3.63, 3.8) is 0 Å². The molecule has 5 aromatic rings. The van der Waals surface area contributed by atoms with E-state index in [0.717, 1.165) is 59.3 Å². The summed E-state index contributed by atoms with van der Waals surface area (Å²) in [5.74, 6) is 1.48. The second-order valence-electron chi connectivity index (χ2n) is 12.1. The van der Waals surface area contributed by atoms with Gasteiger partial charge in [-0.1, -0.05) is 24.3 Å². The zero-order chi connectivity index (χ0) is 31.9. The van der Waals surface area contributed by atoms with Crippen LogP contribution in [-0.2, 0) is 11.3 Å². The van der Waals surface area contributed by atoms with Crippen LogP contribution < -0.4 is 15.8 Å². The highest BCUT2D eigenvalue weighted by Gasteiger charge is 2.31. The molecule has 12 nitrogen and oxygen atoms in total. The lowest BCUT2D eigenvalue weighted by Crippen LogP contribution is -2.47. The lowest BCUT2D eigenvalue weighted by Gasteiger charge is -2.39. The maximum absolute atomic E-state index is 12.4. The average Bonchev–Trinajstić information content (AvgIpc) is 3.79. The molecule has 2 amide bonds. The first-order valence-electron chi connectivity index (χ1n) is 15.3. The van der Waals surface area contributed by atoms with E-state index in [-0.39, 0.29) is 23.8 Å². The van der Waals surface area contributed by atoms with Gasteiger partial charge in [-0.2, -0.15) is 5.10 Å². The van der Waals surface area contributed by atoms with Crippen molar-refractivity contribution in [2.24, 2.45) is 5.92 Å². The molecule has 0 spiro atoms. The maximum atomic E-state index is 12.4. The molecule has 4 aromatic heterocycles. The van der Waals surface area contributed by atoms with Crippen LogP contribution >= 0.6 is 0 Å². The Balaban J connectivity index is 1.12. The number of anilines is 2. The van der Waals surface area contributed by atoms with E-state index < -0.39 is 0 Å². The first-order valence-corrected chi connectivity index (χ1v) is 15.3. The van der Waals surface area contributed by atoms with Crippen LogP contribution in [0.1, 0.15) is 35.1 Å². The normalized spacial score (nSPS) is 15.0. The zero-order valence-electron chi connectivity index (χ0n) is 26.0. The van der Waals surface area contributed by atoms with Gasteiger partial charge in [0.15, 0.2) is 0 Å². The molecule has 1 aromatic carbocycles. The van der Waals surface area contributed by atoms with Crippen LogP contribution in [-0.4, -0.2) is 80.6 Å². The van der Waals surface area contributed by atoms with Crippen LogP contribution in [0.2, 0.25) is 0 Å². The smallest absolute Gasteiger partial charge is 0.271 e. The summed E-state index contributed by atoms with van der Waals surface area (Å²) in [6.45, 7) is 2.31. The van der Waals surface area contributed by atoms with Gasteiger partial charge in [0.25, 0.3) is 5.91 Å². The minimum Gasteiger partial charge on any atom is -0.495 e. The summed E-state index contributed by atoms with van der Waals surface area (Å²) in [5, 5.41) is 9.15. The molecule has 1 aliphatic carbocycles. The number of likely N-dealkylation sites (tertiary alicyclic amines) is 1. The van der Waals surface area contributed by atoms with Crippen molar-refractivity contribution in [2.45, 2.75) is 25.4 Å². The number of nitrogens with two attached hydrogens (primary N) is 1. The van der Waals surface area contributed by atoms with Crippen LogP contribution in [0.3, 0.4) is 0 Å². The molecule has 0 atom stereocenters. The molecule has 5 heterocycles. The Morgan fingerprint density at radius 2 is 1.78 bits per heavy atom. The highest BCUT2D eigenvalue weighted by molar-refractivity contribution is 6.05. The highest BCUT2D eigenvalue weighted by Crippen LogP contribution is 2.42. The fourth-order valence-electron chi connectivity index (χ4n) is 5.87. The number of pyridine rings is 3. The van der Waals surface area contributed by atoms with Gasteiger partial charge in [0.05, 0.1) is 25.0 Å². The lowest BCUT2D eigenvalue weighted by atomic mass is 9.96. The summed E-state index contributed by atoms with van der Waals surface area (Å²) in [7, 11) is 5.11. The third kappa shape index (κ3) is 5.63.